The SMILES string of the molecule is O=S(=O)(Nc1ccc(-c2nnc(-c3ccccc3)o2)cc1)c1ccc2nc(-c3ccccc3)[nH]c2c1. The number of H-pyrrole nitrogens is 1. The molecule has 0 aliphatic carbocycles. The summed E-state index contributed by atoms with van der Waals surface area (Å²) in [4.78, 5) is 7.89. The van der Waals surface area contributed by atoms with Crippen LogP contribution in [0.3, 0.4) is 0 Å². The fourth-order valence-corrected chi connectivity index (χ4v) is 4.91. The summed E-state index contributed by atoms with van der Waals surface area (Å²) in [6, 6.07) is 30.7. The number of aromatic nitrogens is 4. The smallest absolute Gasteiger partial charge is 0.261 e. The van der Waals surface area contributed by atoms with E-state index in [0.29, 0.717) is 39.9 Å². The second-order valence-electron chi connectivity index (χ2n) is 8.09. The van der Waals surface area contributed by atoms with Crippen LogP contribution in [0.15, 0.2) is 112 Å². The molecule has 2 aromatic heterocycles. The van der Waals surface area contributed by atoms with Gasteiger partial charge in [-0.2, -0.15) is 0 Å². The van der Waals surface area contributed by atoms with E-state index in [1.54, 1.807) is 36.4 Å². The minimum Gasteiger partial charge on any atom is -0.416 e. The van der Waals surface area contributed by atoms with Crippen molar-refractivity contribution in [2.75, 3.05) is 4.72 Å². The van der Waals surface area contributed by atoms with Gasteiger partial charge in [0.1, 0.15) is 5.82 Å². The van der Waals surface area contributed by atoms with Gasteiger partial charge in [0.15, 0.2) is 0 Å². The molecule has 8 nitrogen and oxygen atoms in total. The van der Waals surface area contributed by atoms with Gasteiger partial charge in [0.05, 0.1) is 15.9 Å². The molecule has 6 rings (SSSR count). The van der Waals surface area contributed by atoms with Crippen LogP contribution in [-0.4, -0.2) is 28.6 Å². The van der Waals surface area contributed by atoms with Crippen LogP contribution in [0.1, 0.15) is 0 Å². The van der Waals surface area contributed by atoms with Gasteiger partial charge in [-0.25, -0.2) is 13.4 Å². The molecule has 0 aliphatic rings. The zero-order valence-corrected chi connectivity index (χ0v) is 19.6. The number of hydrogen-bond acceptors (Lipinski definition) is 6. The number of benzene rings is 4. The summed E-state index contributed by atoms with van der Waals surface area (Å²) in [5.74, 6) is 1.45. The monoisotopic (exact) mass is 493 g/mol. The molecule has 0 bridgehead atoms. The Morgan fingerprint density at radius 3 is 1.97 bits per heavy atom. The zero-order chi connectivity index (χ0) is 24.5. The van der Waals surface area contributed by atoms with E-state index < -0.39 is 10.0 Å². The third-order valence-corrected chi connectivity index (χ3v) is 7.02. The third-order valence-electron chi connectivity index (χ3n) is 5.64. The van der Waals surface area contributed by atoms with Gasteiger partial charge in [0, 0.05) is 22.4 Å². The quantitative estimate of drug-likeness (QED) is 0.305. The van der Waals surface area contributed by atoms with E-state index in [1.165, 1.54) is 6.07 Å². The number of sulfonamides is 1. The Kier molecular flexibility index (Phi) is 5.31. The van der Waals surface area contributed by atoms with Crippen LogP contribution in [0.2, 0.25) is 0 Å². The molecular weight excluding hydrogens is 474 g/mol. The molecule has 0 radical (unpaired) electrons. The maximum absolute atomic E-state index is 13.1. The molecule has 36 heavy (non-hydrogen) atoms. The third kappa shape index (κ3) is 4.23. The standard InChI is InChI=1S/C27H19N5O3S/c33-36(34,22-15-16-23-24(17-22)29-25(28-23)18-7-3-1-4-8-18)32-21-13-11-20(12-14-21)27-31-30-26(35-27)19-9-5-2-6-10-19/h1-17,32H,(H,28,29). The predicted octanol–water partition coefficient (Wildman–Crippen LogP) is 5.75. The lowest BCUT2D eigenvalue weighted by Crippen LogP contribution is -2.12. The number of hydrogen-bond donors (Lipinski definition) is 2. The number of aromatic amines is 1. The van der Waals surface area contributed by atoms with Crippen LogP contribution >= 0.6 is 0 Å². The minimum absolute atomic E-state index is 0.131. The molecule has 4 aromatic carbocycles. The van der Waals surface area contributed by atoms with Crippen LogP contribution in [-0.2, 0) is 10.0 Å². The number of imidazole rings is 1. The fourth-order valence-electron chi connectivity index (χ4n) is 3.82. The zero-order valence-electron chi connectivity index (χ0n) is 18.8. The lowest BCUT2D eigenvalue weighted by Gasteiger charge is -2.08. The lowest BCUT2D eigenvalue weighted by atomic mass is 10.2. The van der Waals surface area contributed by atoms with E-state index in [4.69, 9.17) is 4.42 Å². The van der Waals surface area contributed by atoms with Crippen molar-refractivity contribution in [3.8, 4) is 34.3 Å². The molecule has 2 N–H and O–H groups in total. The van der Waals surface area contributed by atoms with Crippen LogP contribution in [0, 0.1) is 0 Å². The van der Waals surface area contributed by atoms with E-state index in [0.717, 1.165) is 11.1 Å². The van der Waals surface area contributed by atoms with Gasteiger partial charge < -0.3 is 9.40 Å². The highest BCUT2D eigenvalue weighted by molar-refractivity contribution is 7.92. The average Bonchev–Trinajstić information content (AvgIpc) is 3.57. The number of anilines is 1. The molecule has 0 fully saturated rings. The average molecular weight is 494 g/mol. The Bertz CT molecular complexity index is 1760. The van der Waals surface area contributed by atoms with Gasteiger partial charge in [-0.05, 0) is 54.6 Å². The Labute approximate surface area is 206 Å². The van der Waals surface area contributed by atoms with Gasteiger partial charge >= 0.3 is 0 Å². The molecule has 0 saturated heterocycles. The van der Waals surface area contributed by atoms with Gasteiger partial charge in [-0.15, -0.1) is 10.2 Å². The second-order valence-corrected chi connectivity index (χ2v) is 9.77. The van der Waals surface area contributed by atoms with E-state index in [1.807, 2.05) is 60.7 Å². The van der Waals surface area contributed by atoms with Crippen molar-refractivity contribution < 1.29 is 12.8 Å². The molecular formula is C27H19N5O3S. The molecule has 2 heterocycles. The Hall–Kier alpha value is -4.76. The highest BCUT2D eigenvalue weighted by Crippen LogP contribution is 2.27. The molecule has 0 amide bonds. The normalized spacial score (nSPS) is 11.6. The van der Waals surface area contributed by atoms with Gasteiger partial charge in [-0.1, -0.05) is 48.5 Å². The highest BCUT2D eigenvalue weighted by Gasteiger charge is 2.17. The lowest BCUT2D eigenvalue weighted by molar-refractivity contribution is 0.584. The fraction of sp³-hybridized carbons (Fsp3) is 0. The molecule has 0 saturated carbocycles. The van der Waals surface area contributed by atoms with Gasteiger partial charge in [0.25, 0.3) is 10.0 Å². The highest BCUT2D eigenvalue weighted by atomic mass is 32.2. The van der Waals surface area contributed by atoms with Gasteiger partial charge in [-0.3, -0.25) is 4.72 Å². The first kappa shape index (κ1) is 21.8. The number of rotatable bonds is 6. The predicted molar refractivity (Wildman–Crippen MR) is 138 cm³/mol. The largest absolute Gasteiger partial charge is 0.416 e. The first-order chi connectivity index (χ1) is 17.5. The van der Waals surface area contributed by atoms with E-state index in [2.05, 4.69) is 24.9 Å². The van der Waals surface area contributed by atoms with E-state index >= 15 is 0 Å². The van der Waals surface area contributed by atoms with Crippen LogP contribution < -0.4 is 4.72 Å². The van der Waals surface area contributed by atoms with Crippen molar-refractivity contribution in [2.45, 2.75) is 4.90 Å². The molecule has 6 aromatic rings. The molecule has 0 aliphatic heterocycles. The number of nitrogens with one attached hydrogen (secondary N) is 2. The first-order valence-electron chi connectivity index (χ1n) is 11.1. The molecule has 176 valence electrons. The topological polar surface area (TPSA) is 114 Å². The van der Waals surface area contributed by atoms with Crippen molar-refractivity contribution in [3.05, 3.63) is 103 Å². The van der Waals surface area contributed by atoms with E-state index in [9.17, 15) is 8.42 Å². The van der Waals surface area contributed by atoms with Crippen LogP contribution in [0.4, 0.5) is 5.69 Å². The summed E-state index contributed by atoms with van der Waals surface area (Å²) in [6.07, 6.45) is 0. The first-order valence-corrected chi connectivity index (χ1v) is 12.6. The summed E-state index contributed by atoms with van der Waals surface area (Å²) in [5, 5.41) is 8.20. The van der Waals surface area contributed by atoms with Crippen molar-refractivity contribution in [1.29, 1.82) is 0 Å². The summed E-state index contributed by atoms with van der Waals surface area (Å²) in [7, 11) is -3.82. The van der Waals surface area contributed by atoms with Crippen molar-refractivity contribution >= 4 is 26.7 Å². The summed E-state index contributed by atoms with van der Waals surface area (Å²) < 4.78 is 34.5. The van der Waals surface area contributed by atoms with Crippen LogP contribution in [0.5, 0.6) is 0 Å². The molecule has 0 atom stereocenters. The maximum atomic E-state index is 13.1. The second kappa shape index (κ2) is 8.79. The molecule has 0 unspecified atom stereocenters. The summed E-state index contributed by atoms with van der Waals surface area (Å²) >= 11 is 0. The summed E-state index contributed by atoms with van der Waals surface area (Å²) in [6.45, 7) is 0. The molecule has 0 spiro atoms. The summed E-state index contributed by atoms with van der Waals surface area (Å²) in [5.41, 5.74) is 4.17. The number of nitrogens with zero attached hydrogens (tertiary/aromatic N) is 3. The van der Waals surface area contributed by atoms with E-state index in [-0.39, 0.29) is 4.90 Å². The minimum atomic E-state index is -3.82. The molecule has 9 heteroatoms. The van der Waals surface area contributed by atoms with Crippen LogP contribution in [0.25, 0.3) is 45.3 Å². The van der Waals surface area contributed by atoms with Crippen molar-refractivity contribution in [3.63, 3.8) is 0 Å². The Morgan fingerprint density at radius 2 is 1.31 bits per heavy atom. The maximum Gasteiger partial charge on any atom is 0.261 e. The van der Waals surface area contributed by atoms with Crippen molar-refractivity contribution in [2.24, 2.45) is 0 Å². The van der Waals surface area contributed by atoms with Gasteiger partial charge in [0.2, 0.25) is 11.8 Å². The Balaban J connectivity index is 1.22. The van der Waals surface area contributed by atoms with Crippen molar-refractivity contribution in [1.82, 2.24) is 20.2 Å². The number of fused-ring (bicyclic) bond motifs is 1. The Morgan fingerprint density at radius 1 is 0.694 bits per heavy atom.